The highest BCUT2D eigenvalue weighted by Crippen LogP contribution is 2.08. The minimum Gasteiger partial charge on any atom is -0.0879 e. The van der Waals surface area contributed by atoms with Crippen LogP contribution < -0.4 is 0 Å². The Kier molecular flexibility index (Phi) is 18.0. The number of hydrogen-bond donors (Lipinski definition) is 0. The minimum atomic E-state index is 1.24. The number of rotatable bonds is 15. The average molecular weight is 278 g/mol. The maximum atomic E-state index is 2.31. The van der Waals surface area contributed by atoms with Gasteiger partial charge in [0.25, 0.3) is 0 Å². The number of allylic oxidation sites excluding steroid dienone is 4. The molecule has 0 N–H and O–H groups in total. The first-order chi connectivity index (χ1) is 9.91. The molecule has 0 heterocycles. The fraction of sp³-hybridized carbons (Fsp3) is 0.750. The average Bonchev–Trinajstić information content (AvgIpc) is 2.47. The molecule has 0 nitrogen and oxygen atoms in total. The van der Waals surface area contributed by atoms with Crippen LogP contribution in [0.1, 0.15) is 97.3 Å². The zero-order chi connectivity index (χ0) is 14.7. The van der Waals surface area contributed by atoms with Crippen molar-refractivity contribution in [3.8, 4) is 0 Å². The lowest BCUT2D eigenvalue weighted by Gasteiger charge is -1.97. The zero-order valence-electron chi connectivity index (χ0n) is 14.1. The molecule has 0 aliphatic rings. The normalized spacial score (nSPS) is 11.9. The molecule has 20 heavy (non-hydrogen) atoms. The van der Waals surface area contributed by atoms with Gasteiger partial charge >= 0.3 is 0 Å². The van der Waals surface area contributed by atoms with Crippen molar-refractivity contribution in [3.05, 3.63) is 30.7 Å². The first-order valence-electron chi connectivity index (χ1n) is 9.06. The Morgan fingerprint density at radius 2 is 0.900 bits per heavy atom. The van der Waals surface area contributed by atoms with Gasteiger partial charge in [0, 0.05) is 6.42 Å². The summed E-state index contributed by atoms with van der Waals surface area (Å²) in [4.78, 5) is 0. The molecule has 0 spiro atoms. The third-order valence-electron chi connectivity index (χ3n) is 3.69. The molecule has 0 saturated heterocycles. The Labute approximate surface area is 128 Å². The largest absolute Gasteiger partial charge is 0.0879 e. The Morgan fingerprint density at radius 1 is 0.500 bits per heavy atom. The van der Waals surface area contributed by atoms with Gasteiger partial charge in [-0.2, -0.15) is 0 Å². The monoisotopic (exact) mass is 277 g/mol. The van der Waals surface area contributed by atoms with Crippen LogP contribution in [0.2, 0.25) is 0 Å². The molecule has 0 aromatic rings. The third kappa shape index (κ3) is 17.5. The molecule has 0 aliphatic carbocycles. The predicted molar refractivity (Wildman–Crippen MR) is 93.9 cm³/mol. The standard InChI is InChI=1S/C20H37/c1-3-5-7-9-11-13-15-17-19-20-18-16-14-12-10-8-6-4-2/h15,17-20H,3-14,16H2,1-2H3. The molecule has 0 aromatic carbocycles. The van der Waals surface area contributed by atoms with Crippen molar-refractivity contribution in [1.82, 2.24) is 0 Å². The Bertz CT molecular complexity index is 212. The van der Waals surface area contributed by atoms with E-state index >= 15 is 0 Å². The summed E-state index contributed by atoms with van der Waals surface area (Å²) in [6.45, 7) is 4.55. The van der Waals surface area contributed by atoms with Crippen molar-refractivity contribution >= 4 is 0 Å². The minimum absolute atomic E-state index is 1.24. The lowest BCUT2D eigenvalue weighted by atomic mass is 10.1. The van der Waals surface area contributed by atoms with Crippen LogP contribution in [0.25, 0.3) is 0 Å². The van der Waals surface area contributed by atoms with Gasteiger partial charge in [0.1, 0.15) is 0 Å². The van der Waals surface area contributed by atoms with E-state index in [0.29, 0.717) is 0 Å². The predicted octanol–water partition coefficient (Wildman–Crippen LogP) is 7.41. The van der Waals surface area contributed by atoms with Gasteiger partial charge in [-0.05, 0) is 25.7 Å². The molecule has 0 saturated carbocycles. The van der Waals surface area contributed by atoms with E-state index in [-0.39, 0.29) is 0 Å². The molecule has 0 unspecified atom stereocenters. The first kappa shape index (κ1) is 19.5. The fourth-order valence-corrected chi connectivity index (χ4v) is 2.32. The second-order valence-electron chi connectivity index (χ2n) is 5.81. The van der Waals surface area contributed by atoms with Crippen molar-refractivity contribution in [2.75, 3.05) is 0 Å². The van der Waals surface area contributed by atoms with Crippen LogP contribution in [0.5, 0.6) is 0 Å². The molecule has 0 heteroatoms. The van der Waals surface area contributed by atoms with E-state index in [4.69, 9.17) is 0 Å². The van der Waals surface area contributed by atoms with Crippen molar-refractivity contribution in [3.63, 3.8) is 0 Å². The summed E-state index contributed by atoms with van der Waals surface area (Å²) in [6.07, 6.45) is 29.0. The van der Waals surface area contributed by atoms with Gasteiger partial charge < -0.3 is 0 Å². The highest BCUT2D eigenvalue weighted by atomic mass is 13.9. The first-order valence-corrected chi connectivity index (χ1v) is 9.06. The van der Waals surface area contributed by atoms with E-state index < -0.39 is 0 Å². The van der Waals surface area contributed by atoms with Crippen LogP contribution in [0, 0.1) is 6.42 Å². The van der Waals surface area contributed by atoms with Crippen LogP contribution >= 0.6 is 0 Å². The second kappa shape index (κ2) is 18.5. The summed E-state index contributed by atoms with van der Waals surface area (Å²) in [5.74, 6) is 0. The molecular formula is C20H37. The molecule has 0 rings (SSSR count). The quantitative estimate of drug-likeness (QED) is 0.273. The van der Waals surface area contributed by atoms with Crippen LogP contribution in [0.4, 0.5) is 0 Å². The van der Waals surface area contributed by atoms with Gasteiger partial charge in [-0.1, -0.05) is 95.9 Å². The van der Waals surface area contributed by atoms with Crippen molar-refractivity contribution in [1.29, 1.82) is 0 Å². The summed E-state index contributed by atoms with van der Waals surface area (Å²) in [6, 6.07) is 0. The van der Waals surface area contributed by atoms with E-state index in [0.717, 1.165) is 0 Å². The molecule has 0 aromatic heterocycles. The van der Waals surface area contributed by atoms with E-state index in [9.17, 15) is 0 Å². The Morgan fingerprint density at radius 3 is 1.35 bits per heavy atom. The topological polar surface area (TPSA) is 0 Å². The molecule has 0 amide bonds. The van der Waals surface area contributed by atoms with Crippen molar-refractivity contribution in [2.24, 2.45) is 0 Å². The van der Waals surface area contributed by atoms with Crippen LogP contribution in [-0.4, -0.2) is 0 Å². The second-order valence-corrected chi connectivity index (χ2v) is 5.81. The van der Waals surface area contributed by atoms with Gasteiger partial charge in [0.2, 0.25) is 0 Å². The summed E-state index contributed by atoms with van der Waals surface area (Å²) < 4.78 is 0. The maximum Gasteiger partial charge on any atom is 0.00441 e. The van der Waals surface area contributed by atoms with Gasteiger partial charge in [-0.25, -0.2) is 0 Å². The third-order valence-corrected chi connectivity index (χ3v) is 3.69. The summed E-state index contributed by atoms with van der Waals surface area (Å²) in [5.41, 5.74) is 0. The van der Waals surface area contributed by atoms with Crippen molar-refractivity contribution < 1.29 is 0 Å². The highest BCUT2D eigenvalue weighted by Gasteiger charge is 1.88. The van der Waals surface area contributed by atoms with Crippen LogP contribution in [0.15, 0.2) is 24.3 Å². The maximum absolute atomic E-state index is 2.31. The number of unbranched alkanes of at least 4 members (excludes halogenated alkanes) is 11. The molecule has 0 bridgehead atoms. The van der Waals surface area contributed by atoms with Crippen LogP contribution in [0.3, 0.4) is 0 Å². The summed E-state index contributed by atoms with van der Waals surface area (Å²) in [7, 11) is 0. The molecule has 0 aliphatic heterocycles. The smallest absolute Gasteiger partial charge is 0.00441 e. The van der Waals surface area contributed by atoms with Gasteiger partial charge in [-0.3, -0.25) is 0 Å². The van der Waals surface area contributed by atoms with E-state index in [1.165, 1.54) is 83.5 Å². The number of hydrogen-bond acceptors (Lipinski definition) is 0. The summed E-state index contributed by atoms with van der Waals surface area (Å²) in [5, 5.41) is 0. The molecule has 117 valence electrons. The van der Waals surface area contributed by atoms with E-state index in [1.807, 2.05) is 0 Å². The van der Waals surface area contributed by atoms with Gasteiger partial charge in [0.05, 0.1) is 0 Å². The molecule has 0 atom stereocenters. The van der Waals surface area contributed by atoms with Crippen LogP contribution in [-0.2, 0) is 0 Å². The molecule has 0 fully saturated rings. The Balaban J connectivity index is 3.14. The van der Waals surface area contributed by atoms with E-state index in [2.05, 4.69) is 44.6 Å². The van der Waals surface area contributed by atoms with Gasteiger partial charge in [-0.15, -0.1) is 0 Å². The lowest BCUT2D eigenvalue weighted by molar-refractivity contribution is 0.611. The molecular weight excluding hydrogens is 240 g/mol. The SMILES string of the molecule is CCCCCCCC=C[CH]C=CCCCCCCCC. The lowest BCUT2D eigenvalue weighted by Crippen LogP contribution is -1.77. The fourth-order valence-electron chi connectivity index (χ4n) is 2.32. The van der Waals surface area contributed by atoms with Crippen molar-refractivity contribution in [2.45, 2.75) is 97.3 Å². The highest BCUT2D eigenvalue weighted by molar-refractivity contribution is 5.08. The Hall–Kier alpha value is -0.520. The summed E-state index contributed by atoms with van der Waals surface area (Å²) >= 11 is 0. The molecule has 1 radical (unpaired) electrons. The zero-order valence-corrected chi connectivity index (χ0v) is 14.1. The van der Waals surface area contributed by atoms with Gasteiger partial charge in [0.15, 0.2) is 0 Å². The van der Waals surface area contributed by atoms with E-state index in [1.54, 1.807) is 0 Å².